The van der Waals surface area contributed by atoms with Crippen molar-refractivity contribution in [3.8, 4) is 0 Å². The first kappa shape index (κ1) is 21.4. The molecular weight excluding hydrogens is 429 g/mol. The summed E-state index contributed by atoms with van der Waals surface area (Å²) in [6, 6.07) is 12.5. The van der Waals surface area contributed by atoms with Gasteiger partial charge in [0.05, 0.1) is 11.1 Å². The number of benzene rings is 2. The van der Waals surface area contributed by atoms with Crippen LogP contribution in [0.3, 0.4) is 0 Å². The van der Waals surface area contributed by atoms with Crippen molar-refractivity contribution >= 4 is 34.1 Å². The minimum atomic E-state index is -4.57. The Morgan fingerprint density at radius 2 is 1.68 bits per heavy atom. The highest BCUT2D eigenvalue weighted by molar-refractivity contribution is 6.34. The number of carbonyl (C=O) groups excluding carboxylic acids is 1. The van der Waals surface area contributed by atoms with Crippen molar-refractivity contribution in [2.24, 2.45) is 5.92 Å². The van der Waals surface area contributed by atoms with Gasteiger partial charge in [0.1, 0.15) is 0 Å². The number of piperidine rings is 1. The first-order valence-electron chi connectivity index (χ1n) is 9.95. The molecule has 1 saturated heterocycles. The average molecular weight is 449 g/mol. The van der Waals surface area contributed by atoms with Crippen molar-refractivity contribution in [2.45, 2.75) is 19.0 Å². The molecule has 2 aromatic carbocycles. The van der Waals surface area contributed by atoms with Gasteiger partial charge in [-0.1, -0.05) is 48.0 Å². The second-order valence-electron chi connectivity index (χ2n) is 7.54. The summed E-state index contributed by atoms with van der Waals surface area (Å²) >= 11 is 6.15. The Morgan fingerprint density at radius 1 is 1.03 bits per heavy atom. The molecule has 9 heteroatoms. The molecule has 2 heterocycles. The average Bonchev–Trinajstić information content (AvgIpc) is 2.78. The highest BCUT2D eigenvalue weighted by Gasteiger charge is 2.35. The second-order valence-corrected chi connectivity index (χ2v) is 7.90. The standard InChI is InChI=1S/C22H20ClF3N4O/c23-19-15-5-1-2-6-16(15)20(29-28-19)30-11-9-14(10-12-30)13-27-21(31)17-7-3-4-8-18(17)22(24,25)26/h1-8,14H,9-13H2,(H,27,31). The molecular formula is C22H20ClF3N4O. The predicted octanol–water partition coefficient (Wildman–Crippen LogP) is 4.95. The fourth-order valence-corrected chi connectivity index (χ4v) is 4.10. The number of nitrogens with zero attached hydrogens (tertiary/aromatic N) is 3. The SMILES string of the molecule is O=C(NCC1CCN(c2nnc(Cl)c3ccccc23)CC1)c1ccccc1C(F)(F)F. The smallest absolute Gasteiger partial charge is 0.355 e. The summed E-state index contributed by atoms with van der Waals surface area (Å²) in [7, 11) is 0. The van der Waals surface area contributed by atoms with E-state index in [-0.39, 0.29) is 11.5 Å². The van der Waals surface area contributed by atoms with Gasteiger partial charge in [0.25, 0.3) is 5.91 Å². The number of alkyl halides is 3. The monoisotopic (exact) mass is 448 g/mol. The van der Waals surface area contributed by atoms with Gasteiger partial charge in [-0.05, 0) is 30.9 Å². The van der Waals surface area contributed by atoms with E-state index in [1.807, 2.05) is 24.3 Å². The Balaban J connectivity index is 1.38. The van der Waals surface area contributed by atoms with Crippen LogP contribution in [0.15, 0.2) is 48.5 Å². The van der Waals surface area contributed by atoms with Crippen LogP contribution >= 0.6 is 11.6 Å². The van der Waals surface area contributed by atoms with E-state index >= 15 is 0 Å². The lowest BCUT2D eigenvalue weighted by molar-refractivity contribution is -0.137. The molecule has 31 heavy (non-hydrogen) atoms. The fraction of sp³-hybridized carbons (Fsp3) is 0.318. The van der Waals surface area contributed by atoms with Crippen molar-refractivity contribution < 1.29 is 18.0 Å². The molecule has 0 aliphatic carbocycles. The molecule has 0 spiro atoms. The van der Waals surface area contributed by atoms with Crippen LogP contribution in [0.25, 0.3) is 10.8 Å². The number of fused-ring (bicyclic) bond motifs is 1. The first-order valence-corrected chi connectivity index (χ1v) is 10.3. The molecule has 0 saturated carbocycles. The number of amides is 1. The molecule has 0 unspecified atom stereocenters. The maximum absolute atomic E-state index is 13.1. The van der Waals surface area contributed by atoms with Crippen LogP contribution in [0, 0.1) is 5.92 Å². The molecule has 1 aromatic heterocycles. The van der Waals surface area contributed by atoms with Gasteiger partial charge in [-0.15, -0.1) is 10.2 Å². The van der Waals surface area contributed by atoms with E-state index in [9.17, 15) is 18.0 Å². The zero-order valence-corrected chi connectivity index (χ0v) is 17.2. The first-order chi connectivity index (χ1) is 14.8. The Hall–Kier alpha value is -2.87. The van der Waals surface area contributed by atoms with Crippen LogP contribution in [-0.2, 0) is 6.18 Å². The Kier molecular flexibility index (Phi) is 6.00. The summed E-state index contributed by atoms with van der Waals surface area (Å²) in [5.41, 5.74) is -1.27. The van der Waals surface area contributed by atoms with Gasteiger partial charge in [0.15, 0.2) is 11.0 Å². The third-order valence-electron chi connectivity index (χ3n) is 5.57. The molecule has 0 atom stereocenters. The molecule has 0 radical (unpaired) electrons. The normalized spacial score (nSPS) is 15.3. The van der Waals surface area contributed by atoms with Gasteiger partial charge in [-0.25, -0.2) is 0 Å². The van der Waals surface area contributed by atoms with Crippen LogP contribution in [-0.4, -0.2) is 35.7 Å². The number of halogens is 4. The molecule has 5 nitrogen and oxygen atoms in total. The predicted molar refractivity (Wildman–Crippen MR) is 113 cm³/mol. The Labute approximate surface area is 182 Å². The molecule has 3 aromatic rings. The van der Waals surface area contributed by atoms with Crippen LogP contribution in [0.5, 0.6) is 0 Å². The topological polar surface area (TPSA) is 58.1 Å². The maximum atomic E-state index is 13.1. The summed E-state index contributed by atoms with van der Waals surface area (Å²) in [4.78, 5) is 14.5. The number of aromatic nitrogens is 2. The largest absolute Gasteiger partial charge is 0.417 e. The second kappa shape index (κ2) is 8.70. The van der Waals surface area contributed by atoms with E-state index in [1.54, 1.807) is 0 Å². The zero-order valence-electron chi connectivity index (χ0n) is 16.5. The van der Waals surface area contributed by atoms with Gasteiger partial charge in [0.2, 0.25) is 0 Å². The van der Waals surface area contributed by atoms with E-state index in [0.29, 0.717) is 24.8 Å². The molecule has 0 bridgehead atoms. The molecule has 1 fully saturated rings. The summed E-state index contributed by atoms with van der Waals surface area (Å²) in [5, 5.41) is 13.1. The van der Waals surface area contributed by atoms with Crippen molar-refractivity contribution in [2.75, 3.05) is 24.5 Å². The highest BCUT2D eigenvalue weighted by Crippen LogP contribution is 2.32. The lowest BCUT2D eigenvalue weighted by atomic mass is 9.96. The lowest BCUT2D eigenvalue weighted by Crippen LogP contribution is -2.39. The molecule has 1 amide bonds. The van der Waals surface area contributed by atoms with Crippen molar-refractivity contribution in [3.63, 3.8) is 0 Å². The molecule has 4 rings (SSSR count). The van der Waals surface area contributed by atoms with Gasteiger partial charge < -0.3 is 10.2 Å². The lowest BCUT2D eigenvalue weighted by Gasteiger charge is -2.33. The van der Waals surface area contributed by atoms with E-state index in [2.05, 4.69) is 20.4 Å². The maximum Gasteiger partial charge on any atom is 0.417 e. The Morgan fingerprint density at radius 3 is 2.39 bits per heavy atom. The third kappa shape index (κ3) is 4.58. The van der Waals surface area contributed by atoms with Crippen molar-refractivity contribution in [3.05, 3.63) is 64.8 Å². The summed E-state index contributed by atoms with van der Waals surface area (Å²) in [6.45, 7) is 1.74. The quantitative estimate of drug-likeness (QED) is 0.613. The van der Waals surface area contributed by atoms with Gasteiger partial charge in [-0.2, -0.15) is 13.2 Å². The van der Waals surface area contributed by atoms with Crippen LogP contribution in [0.4, 0.5) is 19.0 Å². The number of carbonyl (C=O) groups is 1. The van der Waals surface area contributed by atoms with Crippen molar-refractivity contribution in [1.29, 1.82) is 0 Å². The summed E-state index contributed by atoms with van der Waals surface area (Å²) < 4.78 is 39.4. The minimum absolute atomic E-state index is 0.171. The summed E-state index contributed by atoms with van der Waals surface area (Å²) in [6.07, 6.45) is -3.01. The molecule has 1 aliphatic heterocycles. The van der Waals surface area contributed by atoms with Gasteiger partial charge >= 0.3 is 6.18 Å². The molecule has 1 N–H and O–H groups in total. The number of hydrogen-bond donors (Lipinski definition) is 1. The van der Waals surface area contributed by atoms with Gasteiger partial charge in [0, 0.05) is 30.4 Å². The van der Waals surface area contributed by atoms with Crippen LogP contribution in [0.2, 0.25) is 5.15 Å². The van der Waals surface area contributed by atoms with E-state index in [0.717, 1.165) is 35.5 Å². The number of rotatable bonds is 4. The fourth-order valence-electron chi connectivity index (χ4n) is 3.90. The third-order valence-corrected chi connectivity index (χ3v) is 5.84. The van der Waals surface area contributed by atoms with Crippen LogP contribution in [0.1, 0.15) is 28.8 Å². The molecule has 1 aliphatic rings. The van der Waals surface area contributed by atoms with E-state index in [1.165, 1.54) is 18.2 Å². The minimum Gasteiger partial charge on any atom is -0.355 e. The number of hydrogen-bond acceptors (Lipinski definition) is 4. The highest BCUT2D eigenvalue weighted by atomic mass is 35.5. The number of anilines is 1. The molecule has 162 valence electrons. The van der Waals surface area contributed by atoms with E-state index < -0.39 is 17.6 Å². The van der Waals surface area contributed by atoms with Gasteiger partial charge in [-0.3, -0.25) is 4.79 Å². The Bertz CT molecular complexity index is 1100. The van der Waals surface area contributed by atoms with Crippen molar-refractivity contribution in [1.82, 2.24) is 15.5 Å². The summed E-state index contributed by atoms with van der Waals surface area (Å²) in [5.74, 6) is 0.233. The van der Waals surface area contributed by atoms with Crippen LogP contribution < -0.4 is 10.2 Å². The van der Waals surface area contributed by atoms with E-state index in [4.69, 9.17) is 11.6 Å². The zero-order chi connectivity index (χ0) is 22.0. The number of nitrogens with one attached hydrogen (secondary N) is 1.